The lowest BCUT2D eigenvalue weighted by molar-refractivity contribution is -0.139. The molecule has 4 nitrogen and oxygen atoms in total. The van der Waals surface area contributed by atoms with Crippen molar-refractivity contribution in [2.24, 2.45) is 5.92 Å². The van der Waals surface area contributed by atoms with E-state index in [-0.39, 0.29) is 0 Å². The molecule has 4 heteroatoms. The normalized spacial score (nSPS) is 12.4. The number of anilines is 1. The Balaban J connectivity index is 2.85. The average molecular weight is 278 g/mol. The molecule has 2 N–H and O–H groups in total. The number of rotatable bonds is 8. The summed E-state index contributed by atoms with van der Waals surface area (Å²) in [7, 11) is 0. The number of nitrogens with one attached hydrogen (secondary N) is 1. The second-order valence-electron chi connectivity index (χ2n) is 5.34. The van der Waals surface area contributed by atoms with E-state index in [0.717, 1.165) is 24.3 Å². The predicted octanol–water partition coefficient (Wildman–Crippen LogP) is 2.90. The van der Waals surface area contributed by atoms with Gasteiger partial charge in [0, 0.05) is 18.8 Å². The molecule has 1 aromatic carbocycles. The van der Waals surface area contributed by atoms with Crippen LogP contribution in [0.4, 0.5) is 5.69 Å². The zero-order valence-corrected chi connectivity index (χ0v) is 12.9. The van der Waals surface area contributed by atoms with Crippen LogP contribution in [-0.2, 0) is 4.79 Å². The van der Waals surface area contributed by atoms with Crippen LogP contribution in [0.1, 0.15) is 39.3 Å². The minimum Gasteiger partial charge on any atom is -0.480 e. The summed E-state index contributed by atoms with van der Waals surface area (Å²) in [6.07, 6.45) is 0. The Hall–Kier alpha value is -1.55. The summed E-state index contributed by atoms with van der Waals surface area (Å²) in [6.45, 7) is 10.9. The van der Waals surface area contributed by atoms with Crippen molar-refractivity contribution in [3.8, 4) is 0 Å². The van der Waals surface area contributed by atoms with E-state index in [1.807, 2.05) is 24.3 Å². The van der Waals surface area contributed by atoms with Crippen LogP contribution in [-0.4, -0.2) is 30.7 Å². The first-order valence-electron chi connectivity index (χ1n) is 7.30. The van der Waals surface area contributed by atoms with Crippen LogP contribution in [0.25, 0.3) is 0 Å². The van der Waals surface area contributed by atoms with Crippen LogP contribution >= 0.6 is 0 Å². The largest absolute Gasteiger partial charge is 0.480 e. The number of hydrogen-bond donors (Lipinski definition) is 2. The van der Waals surface area contributed by atoms with Crippen molar-refractivity contribution >= 4 is 11.7 Å². The third-order valence-corrected chi connectivity index (χ3v) is 3.33. The zero-order valence-electron chi connectivity index (χ0n) is 12.9. The predicted molar refractivity (Wildman–Crippen MR) is 83.2 cm³/mol. The van der Waals surface area contributed by atoms with E-state index in [2.05, 4.69) is 37.9 Å². The maximum absolute atomic E-state index is 11.4. The molecule has 0 aliphatic rings. The molecule has 0 spiro atoms. The molecule has 0 fully saturated rings. The van der Waals surface area contributed by atoms with Gasteiger partial charge in [-0.05, 0) is 44.0 Å². The molecule has 0 radical (unpaired) electrons. The Bertz CT molecular complexity index is 411. The number of hydrogen-bond acceptors (Lipinski definition) is 3. The minimum absolute atomic E-state index is 0.423. The fraction of sp³-hybridized carbons (Fsp3) is 0.562. The van der Waals surface area contributed by atoms with E-state index in [4.69, 9.17) is 0 Å². The van der Waals surface area contributed by atoms with Gasteiger partial charge in [-0.15, -0.1) is 0 Å². The van der Waals surface area contributed by atoms with Crippen molar-refractivity contribution in [3.05, 3.63) is 29.8 Å². The Morgan fingerprint density at radius 2 is 1.75 bits per heavy atom. The van der Waals surface area contributed by atoms with Crippen LogP contribution < -0.4 is 10.2 Å². The highest BCUT2D eigenvalue weighted by Gasteiger charge is 2.19. The molecule has 20 heavy (non-hydrogen) atoms. The monoisotopic (exact) mass is 278 g/mol. The SMILES string of the molecule is CCN(CC)c1ccc(C(NCC(C)C)C(=O)O)cc1. The van der Waals surface area contributed by atoms with Crippen molar-refractivity contribution in [2.45, 2.75) is 33.7 Å². The Labute approximate surface area is 121 Å². The first-order valence-corrected chi connectivity index (χ1v) is 7.30. The average Bonchev–Trinajstić information content (AvgIpc) is 2.41. The zero-order chi connectivity index (χ0) is 15.1. The number of benzene rings is 1. The highest BCUT2D eigenvalue weighted by Crippen LogP contribution is 2.19. The smallest absolute Gasteiger partial charge is 0.325 e. The summed E-state index contributed by atoms with van der Waals surface area (Å²) in [6, 6.07) is 7.16. The standard InChI is InChI=1S/C16H26N2O2/c1-5-18(6-2)14-9-7-13(8-10-14)15(16(19)20)17-11-12(3)4/h7-10,12,15,17H,5-6,11H2,1-4H3,(H,19,20). The molecule has 1 atom stereocenters. The summed E-state index contributed by atoms with van der Waals surface area (Å²) in [5.74, 6) is -0.409. The van der Waals surface area contributed by atoms with Crippen molar-refractivity contribution < 1.29 is 9.90 Å². The van der Waals surface area contributed by atoms with E-state index in [1.54, 1.807) is 0 Å². The summed E-state index contributed by atoms with van der Waals surface area (Å²) in [5, 5.41) is 12.4. The number of aliphatic carboxylic acids is 1. The highest BCUT2D eigenvalue weighted by molar-refractivity contribution is 5.75. The van der Waals surface area contributed by atoms with Crippen LogP contribution in [0, 0.1) is 5.92 Å². The Morgan fingerprint density at radius 1 is 1.20 bits per heavy atom. The molecule has 1 rings (SSSR count). The number of carboxylic acid groups (broad SMARTS) is 1. The van der Waals surface area contributed by atoms with Gasteiger partial charge in [-0.3, -0.25) is 4.79 Å². The van der Waals surface area contributed by atoms with Crippen LogP contribution in [0.5, 0.6) is 0 Å². The van der Waals surface area contributed by atoms with Gasteiger partial charge in [0.25, 0.3) is 0 Å². The van der Waals surface area contributed by atoms with Crippen LogP contribution in [0.15, 0.2) is 24.3 Å². The molecule has 112 valence electrons. The van der Waals surface area contributed by atoms with Gasteiger partial charge in [-0.25, -0.2) is 0 Å². The molecule has 1 aromatic rings. The Morgan fingerprint density at radius 3 is 2.15 bits per heavy atom. The van der Waals surface area contributed by atoms with Crippen molar-refractivity contribution in [3.63, 3.8) is 0 Å². The number of nitrogens with zero attached hydrogens (tertiary/aromatic N) is 1. The van der Waals surface area contributed by atoms with Gasteiger partial charge >= 0.3 is 5.97 Å². The van der Waals surface area contributed by atoms with Crippen LogP contribution in [0.3, 0.4) is 0 Å². The molecule has 0 saturated carbocycles. The molecule has 1 unspecified atom stereocenters. The van der Waals surface area contributed by atoms with Gasteiger partial charge in [0.05, 0.1) is 0 Å². The minimum atomic E-state index is -0.832. The first kappa shape index (κ1) is 16.5. The maximum Gasteiger partial charge on any atom is 0.325 e. The van der Waals surface area contributed by atoms with Crippen molar-refractivity contribution in [1.29, 1.82) is 0 Å². The molecule has 0 amide bonds. The highest BCUT2D eigenvalue weighted by atomic mass is 16.4. The lowest BCUT2D eigenvalue weighted by Crippen LogP contribution is -2.31. The maximum atomic E-state index is 11.4. The quantitative estimate of drug-likeness (QED) is 0.767. The molecule has 0 aliphatic carbocycles. The molecule has 0 bridgehead atoms. The van der Waals surface area contributed by atoms with Gasteiger partial charge < -0.3 is 15.3 Å². The molecule has 0 saturated heterocycles. The summed E-state index contributed by atoms with van der Waals surface area (Å²) < 4.78 is 0. The summed E-state index contributed by atoms with van der Waals surface area (Å²) >= 11 is 0. The fourth-order valence-corrected chi connectivity index (χ4v) is 2.17. The second-order valence-corrected chi connectivity index (χ2v) is 5.34. The molecule has 0 aromatic heterocycles. The van der Waals surface area contributed by atoms with E-state index in [1.165, 1.54) is 0 Å². The summed E-state index contributed by atoms with van der Waals surface area (Å²) in [4.78, 5) is 13.6. The lowest BCUT2D eigenvalue weighted by Gasteiger charge is -2.22. The van der Waals surface area contributed by atoms with Crippen LogP contribution in [0.2, 0.25) is 0 Å². The number of carbonyl (C=O) groups is 1. The first-order chi connectivity index (χ1) is 9.49. The third kappa shape index (κ3) is 4.53. The van der Waals surface area contributed by atoms with Gasteiger partial charge in [0.15, 0.2) is 0 Å². The lowest BCUT2D eigenvalue weighted by atomic mass is 10.1. The van der Waals surface area contributed by atoms with Gasteiger partial charge in [-0.1, -0.05) is 26.0 Å². The number of carboxylic acids is 1. The van der Waals surface area contributed by atoms with E-state index < -0.39 is 12.0 Å². The van der Waals surface area contributed by atoms with E-state index in [9.17, 15) is 9.90 Å². The second kappa shape index (κ2) is 7.90. The molecule has 0 aliphatic heterocycles. The van der Waals surface area contributed by atoms with E-state index in [0.29, 0.717) is 12.5 Å². The summed E-state index contributed by atoms with van der Waals surface area (Å²) in [5.41, 5.74) is 1.93. The molecular formula is C16H26N2O2. The topological polar surface area (TPSA) is 52.6 Å². The van der Waals surface area contributed by atoms with Crippen molar-refractivity contribution in [1.82, 2.24) is 5.32 Å². The third-order valence-electron chi connectivity index (χ3n) is 3.33. The molecular weight excluding hydrogens is 252 g/mol. The fourth-order valence-electron chi connectivity index (χ4n) is 2.17. The Kier molecular flexibility index (Phi) is 6.52. The van der Waals surface area contributed by atoms with Gasteiger partial charge in [-0.2, -0.15) is 0 Å². The molecule has 0 heterocycles. The van der Waals surface area contributed by atoms with E-state index >= 15 is 0 Å². The van der Waals surface area contributed by atoms with Gasteiger partial charge in [0.2, 0.25) is 0 Å². The van der Waals surface area contributed by atoms with Crippen molar-refractivity contribution in [2.75, 3.05) is 24.5 Å². The van der Waals surface area contributed by atoms with Gasteiger partial charge in [0.1, 0.15) is 6.04 Å².